The smallest absolute Gasteiger partial charge is 0.143 e. The molecule has 1 aliphatic heterocycles. The van der Waals surface area contributed by atoms with E-state index < -0.39 is 0 Å². The molecule has 1 aliphatic rings. The molecular formula is C45H33N3O. The number of nitrogens with zero attached hydrogens (tertiary/aromatic N) is 1. The van der Waals surface area contributed by atoms with Gasteiger partial charge in [0.2, 0.25) is 0 Å². The number of aliphatic imine (C=N–C) groups is 1. The maximum Gasteiger partial charge on any atom is 0.143 e. The summed E-state index contributed by atoms with van der Waals surface area (Å²) in [6.07, 6.45) is -0.467. The number of fused-ring (bicyclic) bond motifs is 3. The molecule has 49 heavy (non-hydrogen) atoms. The molecule has 0 bridgehead atoms. The molecule has 2 heterocycles. The molecule has 2 N–H and O–H groups in total. The molecule has 2 unspecified atom stereocenters. The summed E-state index contributed by atoms with van der Waals surface area (Å²) in [7, 11) is 0. The molecule has 0 fully saturated rings. The predicted molar refractivity (Wildman–Crippen MR) is 201 cm³/mol. The van der Waals surface area contributed by atoms with E-state index in [1.165, 1.54) is 16.7 Å². The fourth-order valence-corrected chi connectivity index (χ4v) is 6.92. The van der Waals surface area contributed by atoms with Gasteiger partial charge in [-0.15, -0.1) is 0 Å². The van der Waals surface area contributed by atoms with Crippen LogP contribution in [0.2, 0.25) is 0 Å². The van der Waals surface area contributed by atoms with Gasteiger partial charge in [0, 0.05) is 27.5 Å². The Hall–Kier alpha value is -6.23. The average molecular weight is 632 g/mol. The summed E-state index contributed by atoms with van der Waals surface area (Å²) < 4.78 is 6.59. The van der Waals surface area contributed by atoms with Crippen molar-refractivity contribution in [1.82, 2.24) is 10.6 Å². The second-order valence-electron chi connectivity index (χ2n) is 12.4. The first-order valence-corrected chi connectivity index (χ1v) is 16.7. The van der Waals surface area contributed by atoms with Crippen molar-refractivity contribution >= 4 is 27.8 Å². The quantitative estimate of drug-likeness (QED) is 0.192. The highest BCUT2D eigenvalue weighted by molar-refractivity contribution is 6.12. The Balaban J connectivity index is 1.10. The lowest BCUT2D eigenvalue weighted by atomic mass is 9.96. The van der Waals surface area contributed by atoms with E-state index in [2.05, 4.69) is 156 Å². The summed E-state index contributed by atoms with van der Waals surface area (Å²) in [5.74, 6) is 0.844. The third-order valence-corrected chi connectivity index (χ3v) is 9.42. The highest BCUT2D eigenvalue weighted by atomic mass is 16.3. The van der Waals surface area contributed by atoms with Gasteiger partial charge >= 0.3 is 0 Å². The van der Waals surface area contributed by atoms with E-state index >= 15 is 0 Å². The predicted octanol–water partition coefficient (Wildman–Crippen LogP) is 10.9. The molecule has 0 saturated carbocycles. The second kappa shape index (κ2) is 12.4. The van der Waals surface area contributed by atoms with Crippen molar-refractivity contribution < 1.29 is 4.42 Å². The monoisotopic (exact) mass is 631 g/mol. The minimum Gasteiger partial charge on any atom is -0.455 e. The molecule has 234 valence electrons. The maximum absolute atomic E-state index is 6.59. The van der Waals surface area contributed by atoms with Crippen LogP contribution in [-0.2, 0) is 0 Å². The van der Waals surface area contributed by atoms with Crippen LogP contribution >= 0.6 is 0 Å². The third kappa shape index (κ3) is 5.48. The lowest BCUT2D eigenvalue weighted by Crippen LogP contribution is -2.45. The summed E-state index contributed by atoms with van der Waals surface area (Å²) in [5, 5.41) is 9.78. The molecule has 4 nitrogen and oxygen atoms in total. The van der Waals surface area contributed by atoms with Crippen LogP contribution in [0.5, 0.6) is 0 Å². The van der Waals surface area contributed by atoms with Crippen LogP contribution in [0, 0.1) is 0 Å². The highest BCUT2D eigenvalue weighted by Crippen LogP contribution is 2.40. The summed E-state index contributed by atoms with van der Waals surface area (Å²) >= 11 is 0. The molecule has 0 spiro atoms. The second-order valence-corrected chi connectivity index (χ2v) is 12.4. The van der Waals surface area contributed by atoms with Gasteiger partial charge in [0.1, 0.15) is 29.3 Å². The normalized spacial score (nSPS) is 16.0. The lowest BCUT2D eigenvalue weighted by molar-refractivity contribution is 0.411. The van der Waals surface area contributed by atoms with Gasteiger partial charge in [-0.3, -0.25) is 5.32 Å². The molecule has 0 amide bonds. The zero-order chi connectivity index (χ0) is 32.6. The Labute approximate surface area is 285 Å². The molecule has 4 heteroatoms. The van der Waals surface area contributed by atoms with Crippen LogP contribution in [0.25, 0.3) is 55.3 Å². The van der Waals surface area contributed by atoms with E-state index in [1.807, 2.05) is 30.3 Å². The Morgan fingerprint density at radius 3 is 1.65 bits per heavy atom. The highest BCUT2D eigenvalue weighted by Gasteiger charge is 2.28. The Bertz CT molecular complexity index is 2420. The van der Waals surface area contributed by atoms with Crippen LogP contribution in [0.4, 0.5) is 0 Å². The van der Waals surface area contributed by atoms with Crippen LogP contribution in [-0.4, -0.2) is 5.84 Å². The Morgan fingerprint density at radius 2 is 1.00 bits per heavy atom. The van der Waals surface area contributed by atoms with Crippen molar-refractivity contribution in [3.05, 3.63) is 193 Å². The maximum atomic E-state index is 6.59. The van der Waals surface area contributed by atoms with Gasteiger partial charge in [0.25, 0.3) is 0 Å². The molecule has 1 aromatic heterocycles. The molecule has 0 radical (unpaired) electrons. The molecule has 2 atom stereocenters. The molecule has 9 rings (SSSR count). The number of benzene rings is 7. The SMILES string of the molecule is c1ccc(-c2ccc(-c3ccc(C4=NC(c5ccccc5)NC(c5ccc(-c6ccccc6)c6oc7ccccc7c56)N4)cc3)cc2)cc1. The third-order valence-electron chi connectivity index (χ3n) is 9.42. The van der Waals surface area contributed by atoms with Gasteiger partial charge in [0.05, 0.1) is 0 Å². The van der Waals surface area contributed by atoms with Gasteiger partial charge in [-0.05, 0) is 39.4 Å². The van der Waals surface area contributed by atoms with E-state index in [9.17, 15) is 0 Å². The van der Waals surface area contributed by atoms with E-state index in [4.69, 9.17) is 9.41 Å². The van der Waals surface area contributed by atoms with Crippen molar-refractivity contribution in [2.24, 2.45) is 4.99 Å². The number of amidine groups is 1. The summed E-state index contributed by atoms with van der Waals surface area (Å²) in [4.78, 5) is 5.21. The molecule has 0 aliphatic carbocycles. The Kier molecular flexibility index (Phi) is 7.34. The summed E-state index contributed by atoms with van der Waals surface area (Å²) in [6, 6.07) is 61.5. The number of hydrogen-bond donors (Lipinski definition) is 2. The molecule has 8 aromatic rings. The van der Waals surface area contributed by atoms with Gasteiger partial charge in [-0.1, -0.05) is 170 Å². The summed E-state index contributed by atoms with van der Waals surface area (Å²) in [6.45, 7) is 0. The van der Waals surface area contributed by atoms with Crippen molar-refractivity contribution in [1.29, 1.82) is 0 Å². The largest absolute Gasteiger partial charge is 0.455 e. The number of para-hydroxylation sites is 1. The van der Waals surface area contributed by atoms with Crippen molar-refractivity contribution in [2.45, 2.75) is 12.3 Å². The minimum absolute atomic E-state index is 0.226. The topological polar surface area (TPSA) is 49.6 Å². The molecule has 0 saturated heterocycles. The van der Waals surface area contributed by atoms with E-state index in [0.29, 0.717) is 0 Å². The zero-order valence-electron chi connectivity index (χ0n) is 26.8. The van der Waals surface area contributed by atoms with Crippen molar-refractivity contribution in [3.8, 4) is 33.4 Å². The van der Waals surface area contributed by atoms with Crippen LogP contribution in [0.3, 0.4) is 0 Å². The van der Waals surface area contributed by atoms with E-state index in [-0.39, 0.29) is 12.3 Å². The molecular weight excluding hydrogens is 599 g/mol. The lowest BCUT2D eigenvalue weighted by Gasteiger charge is -2.32. The number of nitrogens with one attached hydrogen (secondary N) is 2. The van der Waals surface area contributed by atoms with Gasteiger partial charge in [-0.2, -0.15) is 0 Å². The van der Waals surface area contributed by atoms with Crippen molar-refractivity contribution in [3.63, 3.8) is 0 Å². The van der Waals surface area contributed by atoms with Gasteiger partial charge in [-0.25, -0.2) is 4.99 Å². The van der Waals surface area contributed by atoms with Crippen LogP contribution in [0.1, 0.15) is 29.0 Å². The van der Waals surface area contributed by atoms with E-state index in [0.717, 1.165) is 61.2 Å². The van der Waals surface area contributed by atoms with Gasteiger partial charge in [0.15, 0.2) is 0 Å². The summed E-state index contributed by atoms with van der Waals surface area (Å²) in [5.41, 5.74) is 12.0. The van der Waals surface area contributed by atoms with E-state index in [1.54, 1.807) is 0 Å². The number of furan rings is 1. The first kappa shape index (κ1) is 29.0. The zero-order valence-corrected chi connectivity index (χ0v) is 26.8. The number of hydrogen-bond acceptors (Lipinski definition) is 4. The standard InChI is InChI=1S/C45H33N3O/c1-4-12-30(13-5-1)31-20-22-32(23-21-31)33-24-26-36(27-25-33)44-46-43(35-16-8-3-9-17-35)47-45(48-44)39-29-28-37(34-14-6-2-7-15-34)42-41(39)38-18-10-11-19-40(38)49-42/h1-29,43,45,47H,(H,46,48). The fourth-order valence-electron chi connectivity index (χ4n) is 6.92. The first-order valence-electron chi connectivity index (χ1n) is 16.7. The van der Waals surface area contributed by atoms with Crippen LogP contribution in [0.15, 0.2) is 185 Å². The first-order chi connectivity index (χ1) is 24.3. The Morgan fingerprint density at radius 1 is 0.469 bits per heavy atom. The van der Waals surface area contributed by atoms with Crippen molar-refractivity contribution in [2.75, 3.05) is 0 Å². The fraction of sp³-hybridized carbons (Fsp3) is 0.0444. The van der Waals surface area contributed by atoms with Gasteiger partial charge < -0.3 is 9.73 Å². The minimum atomic E-state index is -0.241. The molecule has 7 aromatic carbocycles. The van der Waals surface area contributed by atoms with Crippen LogP contribution < -0.4 is 10.6 Å². The average Bonchev–Trinajstić information content (AvgIpc) is 3.58. The number of rotatable bonds is 6.